The summed E-state index contributed by atoms with van der Waals surface area (Å²) in [5.41, 5.74) is 1.11. The van der Waals surface area contributed by atoms with Gasteiger partial charge in [-0.05, 0) is 42.0 Å². The van der Waals surface area contributed by atoms with Crippen molar-refractivity contribution in [2.45, 2.75) is 12.5 Å². The van der Waals surface area contributed by atoms with E-state index in [9.17, 15) is 14.7 Å². The number of amides is 1. The molecular formula is C17H12Cl2N2O3. The minimum Gasteiger partial charge on any atom is -0.480 e. The number of halogens is 2. The second-order valence-electron chi connectivity index (χ2n) is 4.96. The lowest BCUT2D eigenvalue weighted by molar-refractivity contribution is -0.139. The van der Waals surface area contributed by atoms with Gasteiger partial charge in [0.15, 0.2) is 0 Å². The van der Waals surface area contributed by atoms with Gasteiger partial charge < -0.3 is 10.4 Å². The van der Waals surface area contributed by atoms with Gasteiger partial charge in [-0.25, -0.2) is 4.79 Å². The number of nitrogens with one attached hydrogen (secondary N) is 1. The molecule has 122 valence electrons. The number of carbonyl (C=O) groups is 2. The molecule has 2 aromatic rings. The van der Waals surface area contributed by atoms with E-state index in [2.05, 4.69) is 5.32 Å². The highest BCUT2D eigenvalue weighted by atomic mass is 35.5. The van der Waals surface area contributed by atoms with Crippen LogP contribution in [0.5, 0.6) is 0 Å². The topological polar surface area (TPSA) is 90.2 Å². The molecule has 1 amide bonds. The molecule has 5 nitrogen and oxygen atoms in total. The molecule has 0 saturated carbocycles. The maximum atomic E-state index is 12.2. The molecular weight excluding hydrogens is 351 g/mol. The van der Waals surface area contributed by atoms with E-state index in [4.69, 9.17) is 28.5 Å². The van der Waals surface area contributed by atoms with Crippen molar-refractivity contribution in [3.63, 3.8) is 0 Å². The lowest BCUT2D eigenvalue weighted by Gasteiger charge is -2.16. The van der Waals surface area contributed by atoms with Crippen LogP contribution in [0.15, 0.2) is 42.5 Å². The van der Waals surface area contributed by atoms with E-state index in [1.54, 1.807) is 18.2 Å². The zero-order valence-corrected chi connectivity index (χ0v) is 13.8. The number of carbonyl (C=O) groups excluding carboxylic acids is 1. The van der Waals surface area contributed by atoms with Crippen molar-refractivity contribution in [2.75, 3.05) is 0 Å². The maximum Gasteiger partial charge on any atom is 0.326 e. The van der Waals surface area contributed by atoms with Crippen LogP contribution in [-0.2, 0) is 11.2 Å². The van der Waals surface area contributed by atoms with E-state index >= 15 is 0 Å². The molecule has 2 rings (SSSR count). The molecule has 0 saturated heterocycles. The number of benzene rings is 2. The van der Waals surface area contributed by atoms with Gasteiger partial charge in [-0.15, -0.1) is 0 Å². The highest BCUT2D eigenvalue weighted by Crippen LogP contribution is 2.25. The second kappa shape index (κ2) is 7.82. The molecule has 2 aromatic carbocycles. The summed E-state index contributed by atoms with van der Waals surface area (Å²) in [6.45, 7) is 0. The van der Waals surface area contributed by atoms with Crippen LogP contribution in [0.3, 0.4) is 0 Å². The standard InChI is InChI=1S/C17H12Cl2N2O3/c18-13-2-1-3-14(19)12(13)8-15(17(23)24)21-16(22)11-6-4-10(9-20)5-7-11/h1-7,15H,8H2,(H,21,22)(H,23,24)/t15-/m1/s1. The Morgan fingerprint density at radius 3 is 2.21 bits per heavy atom. The molecule has 0 aromatic heterocycles. The van der Waals surface area contributed by atoms with E-state index in [1.807, 2.05) is 6.07 Å². The van der Waals surface area contributed by atoms with Crippen LogP contribution < -0.4 is 5.32 Å². The number of carboxylic acids is 1. The van der Waals surface area contributed by atoms with Crippen LogP contribution in [0, 0.1) is 11.3 Å². The van der Waals surface area contributed by atoms with Crippen molar-refractivity contribution in [1.29, 1.82) is 5.26 Å². The zero-order chi connectivity index (χ0) is 17.7. The van der Waals surface area contributed by atoms with Gasteiger partial charge in [0.2, 0.25) is 0 Å². The van der Waals surface area contributed by atoms with Crippen LogP contribution in [-0.4, -0.2) is 23.0 Å². The number of nitriles is 1. The molecule has 7 heteroatoms. The van der Waals surface area contributed by atoms with Gasteiger partial charge >= 0.3 is 5.97 Å². The SMILES string of the molecule is N#Cc1ccc(C(=O)N[C@H](Cc2c(Cl)cccc2Cl)C(=O)O)cc1. The van der Waals surface area contributed by atoms with Gasteiger partial charge in [-0.3, -0.25) is 4.79 Å². The molecule has 0 aliphatic carbocycles. The van der Waals surface area contributed by atoms with Crippen LogP contribution in [0.2, 0.25) is 10.0 Å². The van der Waals surface area contributed by atoms with Crippen molar-refractivity contribution in [3.05, 3.63) is 69.2 Å². The minimum absolute atomic E-state index is 0.0458. The average Bonchev–Trinajstić information content (AvgIpc) is 2.57. The fraction of sp³-hybridized carbons (Fsp3) is 0.118. The Hall–Kier alpha value is -2.55. The minimum atomic E-state index is -1.20. The first-order valence-corrected chi connectivity index (χ1v) is 7.64. The summed E-state index contributed by atoms with van der Waals surface area (Å²) < 4.78 is 0. The molecule has 0 radical (unpaired) electrons. The van der Waals surface area contributed by atoms with Crippen molar-refractivity contribution in [2.24, 2.45) is 0 Å². The summed E-state index contributed by atoms with van der Waals surface area (Å²) in [6, 6.07) is 11.5. The van der Waals surface area contributed by atoms with Gasteiger partial charge in [-0.1, -0.05) is 29.3 Å². The fourth-order valence-electron chi connectivity index (χ4n) is 2.07. The van der Waals surface area contributed by atoms with Crippen LogP contribution in [0.1, 0.15) is 21.5 Å². The molecule has 0 aliphatic heterocycles. The van der Waals surface area contributed by atoms with Crippen molar-refractivity contribution < 1.29 is 14.7 Å². The molecule has 2 N–H and O–H groups in total. The quantitative estimate of drug-likeness (QED) is 0.853. The largest absolute Gasteiger partial charge is 0.480 e. The number of aliphatic carboxylic acids is 1. The van der Waals surface area contributed by atoms with Gasteiger partial charge in [0.25, 0.3) is 5.91 Å². The predicted molar refractivity (Wildman–Crippen MR) is 90.2 cm³/mol. The third-order valence-electron chi connectivity index (χ3n) is 3.35. The summed E-state index contributed by atoms with van der Waals surface area (Å²) in [7, 11) is 0. The fourth-order valence-corrected chi connectivity index (χ4v) is 2.62. The highest BCUT2D eigenvalue weighted by molar-refractivity contribution is 6.36. The summed E-state index contributed by atoms with van der Waals surface area (Å²) in [5, 5.41) is 21.2. The number of rotatable bonds is 5. The first-order valence-electron chi connectivity index (χ1n) is 6.89. The number of hydrogen-bond acceptors (Lipinski definition) is 3. The van der Waals surface area contributed by atoms with E-state index in [0.717, 1.165) is 0 Å². The third kappa shape index (κ3) is 4.25. The number of nitrogens with zero attached hydrogens (tertiary/aromatic N) is 1. The Morgan fingerprint density at radius 1 is 1.12 bits per heavy atom. The van der Waals surface area contributed by atoms with Gasteiger partial charge in [-0.2, -0.15) is 5.26 Å². The summed E-state index contributed by atoms with van der Waals surface area (Å²) in [5.74, 6) is -1.76. The normalized spacial score (nSPS) is 11.4. The molecule has 0 aliphatic rings. The van der Waals surface area contributed by atoms with E-state index in [0.29, 0.717) is 21.2 Å². The van der Waals surface area contributed by atoms with E-state index < -0.39 is 17.9 Å². The highest BCUT2D eigenvalue weighted by Gasteiger charge is 2.23. The molecule has 1 atom stereocenters. The van der Waals surface area contributed by atoms with Crippen molar-refractivity contribution >= 4 is 35.1 Å². The summed E-state index contributed by atoms with van der Waals surface area (Å²) >= 11 is 12.1. The molecule has 0 fully saturated rings. The first-order chi connectivity index (χ1) is 11.4. The molecule has 0 bridgehead atoms. The van der Waals surface area contributed by atoms with Gasteiger partial charge in [0.05, 0.1) is 11.6 Å². The molecule has 0 spiro atoms. The maximum absolute atomic E-state index is 12.2. The van der Waals surface area contributed by atoms with Crippen LogP contribution >= 0.6 is 23.2 Å². The molecule has 24 heavy (non-hydrogen) atoms. The predicted octanol–water partition coefficient (Wildman–Crippen LogP) is 3.29. The third-order valence-corrected chi connectivity index (χ3v) is 4.06. The molecule has 0 unspecified atom stereocenters. The Labute approximate surface area is 148 Å². The van der Waals surface area contributed by atoms with E-state index in [-0.39, 0.29) is 12.0 Å². The Morgan fingerprint density at radius 2 is 1.71 bits per heavy atom. The first kappa shape index (κ1) is 17.8. The van der Waals surface area contributed by atoms with Crippen LogP contribution in [0.25, 0.3) is 0 Å². The zero-order valence-electron chi connectivity index (χ0n) is 12.3. The second-order valence-corrected chi connectivity index (χ2v) is 5.77. The summed E-state index contributed by atoms with van der Waals surface area (Å²) in [6.07, 6.45) is -0.0458. The van der Waals surface area contributed by atoms with Gasteiger partial charge in [0, 0.05) is 22.0 Å². The number of carboxylic acid groups (broad SMARTS) is 1. The van der Waals surface area contributed by atoms with Crippen molar-refractivity contribution in [3.8, 4) is 6.07 Å². The Balaban J connectivity index is 2.18. The summed E-state index contributed by atoms with van der Waals surface area (Å²) in [4.78, 5) is 23.6. The number of hydrogen-bond donors (Lipinski definition) is 2. The molecule has 0 heterocycles. The monoisotopic (exact) mass is 362 g/mol. The van der Waals surface area contributed by atoms with Crippen LogP contribution in [0.4, 0.5) is 0 Å². The lowest BCUT2D eigenvalue weighted by Crippen LogP contribution is -2.42. The Kier molecular flexibility index (Phi) is 5.80. The average molecular weight is 363 g/mol. The lowest BCUT2D eigenvalue weighted by atomic mass is 10.0. The van der Waals surface area contributed by atoms with Crippen molar-refractivity contribution in [1.82, 2.24) is 5.32 Å². The Bertz CT molecular complexity index is 793. The van der Waals surface area contributed by atoms with Gasteiger partial charge in [0.1, 0.15) is 6.04 Å². The smallest absolute Gasteiger partial charge is 0.326 e. The van der Waals surface area contributed by atoms with E-state index in [1.165, 1.54) is 24.3 Å².